The number of ether oxygens (including phenoxy) is 1. The third-order valence-electron chi connectivity index (χ3n) is 8.22. The summed E-state index contributed by atoms with van der Waals surface area (Å²) < 4.78 is 6.91. The minimum atomic E-state index is 0.0695. The van der Waals surface area contributed by atoms with Gasteiger partial charge in [0.25, 0.3) is 0 Å². The van der Waals surface area contributed by atoms with Crippen LogP contribution in [0.15, 0.2) is 48.7 Å². The molecule has 0 aromatic heterocycles. The second-order valence-electron chi connectivity index (χ2n) is 9.55. The van der Waals surface area contributed by atoms with Gasteiger partial charge >= 0.3 is 0 Å². The molecular formula is C24H26N2O. The number of fused-ring (bicyclic) bond motifs is 2. The number of hydrogen-bond donors (Lipinski definition) is 1. The van der Waals surface area contributed by atoms with E-state index in [1.54, 1.807) is 0 Å². The highest BCUT2D eigenvalue weighted by Gasteiger charge is 2.60. The predicted molar refractivity (Wildman–Crippen MR) is 106 cm³/mol. The maximum absolute atomic E-state index is 6.91. The van der Waals surface area contributed by atoms with Gasteiger partial charge in [-0.25, -0.2) is 0 Å². The molecule has 27 heavy (non-hydrogen) atoms. The summed E-state index contributed by atoms with van der Waals surface area (Å²) in [7, 11) is 0. The first-order valence-corrected chi connectivity index (χ1v) is 10.6. The first kappa shape index (κ1) is 15.0. The molecule has 3 saturated heterocycles. The lowest BCUT2D eigenvalue weighted by Crippen LogP contribution is -2.68. The topological polar surface area (TPSA) is 24.5 Å². The summed E-state index contributed by atoms with van der Waals surface area (Å²) in [5, 5.41) is 3.48. The summed E-state index contributed by atoms with van der Waals surface area (Å²) in [5.41, 5.74) is 4.42. The highest BCUT2D eigenvalue weighted by molar-refractivity contribution is 5.77. The molecule has 8 rings (SSSR count). The molecule has 5 heterocycles. The molecular weight excluding hydrogens is 332 g/mol. The second-order valence-corrected chi connectivity index (χ2v) is 9.55. The number of benzene rings is 1. The molecule has 138 valence electrons. The van der Waals surface area contributed by atoms with Crippen molar-refractivity contribution in [2.45, 2.75) is 30.9 Å². The number of rotatable bonds is 1. The molecule has 1 saturated carbocycles. The molecule has 2 aliphatic carbocycles. The van der Waals surface area contributed by atoms with E-state index in [0.717, 1.165) is 18.1 Å². The van der Waals surface area contributed by atoms with Gasteiger partial charge in [-0.3, -0.25) is 0 Å². The van der Waals surface area contributed by atoms with Gasteiger partial charge in [-0.1, -0.05) is 36.4 Å². The van der Waals surface area contributed by atoms with Crippen molar-refractivity contribution in [2.75, 3.05) is 19.6 Å². The maximum Gasteiger partial charge on any atom is 0.124 e. The third kappa shape index (κ3) is 1.91. The second kappa shape index (κ2) is 5.08. The predicted octanol–water partition coefficient (Wildman–Crippen LogP) is 3.39. The maximum atomic E-state index is 6.91. The first-order valence-electron chi connectivity index (χ1n) is 10.6. The molecule has 0 radical (unpaired) electrons. The Morgan fingerprint density at radius 3 is 2.81 bits per heavy atom. The molecule has 0 amide bonds. The summed E-state index contributed by atoms with van der Waals surface area (Å²) >= 11 is 0. The molecule has 4 fully saturated rings. The number of piperidine rings is 3. The Morgan fingerprint density at radius 2 is 1.96 bits per heavy atom. The van der Waals surface area contributed by atoms with Gasteiger partial charge in [-0.15, -0.1) is 0 Å². The summed E-state index contributed by atoms with van der Waals surface area (Å²) in [5.74, 6) is 3.95. The normalized spacial score (nSPS) is 44.8. The van der Waals surface area contributed by atoms with E-state index in [2.05, 4.69) is 58.9 Å². The Kier molecular flexibility index (Phi) is 2.82. The average Bonchev–Trinajstić information content (AvgIpc) is 3.30. The molecule has 1 N–H and O–H groups in total. The molecule has 5 aliphatic heterocycles. The Balaban J connectivity index is 1.31. The lowest BCUT2D eigenvalue weighted by atomic mass is 9.58. The van der Waals surface area contributed by atoms with Crippen molar-refractivity contribution in [3.8, 4) is 5.75 Å². The minimum absolute atomic E-state index is 0.0695. The van der Waals surface area contributed by atoms with E-state index in [1.807, 2.05) is 0 Å². The van der Waals surface area contributed by atoms with Gasteiger partial charge in [-0.2, -0.15) is 0 Å². The SMILES string of the molecule is C1=CC2NC=CC2C(c2cccc3c2CC2(O3)C3CC4C[C@@H]2CN(C4)C3)=C1. The minimum Gasteiger partial charge on any atom is -0.486 e. The van der Waals surface area contributed by atoms with E-state index in [-0.39, 0.29) is 5.60 Å². The van der Waals surface area contributed by atoms with Crippen LogP contribution in [-0.4, -0.2) is 36.2 Å². The summed E-state index contributed by atoms with van der Waals surface area (Å²) in [6.07, 6.45) is 15.1. The Hall–Kier alpha value is -2.00. The molecule has 1 aromatic rings. The molecule has 3 nitrogen and oxygen atoms in total. The van der Waals surface area contributed by atoms with E-state index >= 15 is 0 Å². The van der Waals surface area contributed by atoms with Crippen molar-refractivity contribution in [2.24, 2.45) is 23.7 Å². The van der Waals surface area contributed by atoms with Crippen LogP contribution >= 0.6 is 0 Å². The van der Waals surface area contributed by atoms with Crippen LogP contribution in [0.1, 0.15) is 24.0 Å². The summed E-state index contributed by atoms with van der Waals surface area (Å²) in [6, 6.07) is 7.16. The van der Waals surface area contributed by atoms with Crippen LogP contribution in [0.5, 0.6) is 5.75 Å². The smallest absolute Gasteiger partial charge is 0.124 e. The van der Waals surface area contributed by atoms with Crippen molar-refractivity contribution in [3.05, 3.63) is 59.8 Å². The quantitative estimate of drug-likeness (QED) is 0.833. The van der Waals surface area contributed by atoms with E-state index in [9.17, 15) is 0 Å². The number of nitrogens with one attached hydrogen (secondary N) is 1. The van der Waals surface area contributed by atoms with E-state index in [1.165, 1.54) is 49.2 Å². The largest absolute Gasteiger partial charge is 0.486 e. The molecule has 1 spiro atoms. The van der Waals surface area contributed by atoms with Gasteiger partial charge in [0.2, 0.25) is 0 Å². The average molecular weight is 358 g/mol. The van der Waals surface area contributed by atoms with Crippen molar-refractivity contribution in [3.63, 3.8) is 0 Å². The number of nitrogens with zero attached hydrogens (tertiary/aromatic N) is 1. The summed E-state index contributed by atoms with van der Waals surface area (Å²) in [6.45, 7) is 3.83. The zero-order valence-corrected chi connectivity index (χ0v) is 15.6. The van der Waals surface area contributed by atoms with Crippen LogP contribution in [0.4, 0.5) is 0 Å². The van der Waals surface area contributed by atoms with Gasteiger partial charge in [0.05, 0.1) is 6.04 Å². The molecule has 6 unspecified atom stereocenters. The Morgan fingerprint density at radius 1 is 1.07 bits per heavy atom. The highest BCUT2D eigenvalue weighted by atomic mass is 16.5. The van der Waals surface area contributed by atoms with E-state index < -0.39 is 0 Å². The monoisotopic (exact) mass is 358 g/mol. The van der Waals surface area contributed by atoms with Crippen molar-refractivity contribution >= 4 is 5.57 Å². The first-order chi connectivity index (χ1) is 13.3. The van der Waals surface area contributed by atoms with Gasteiger partial charge in [0, 0.05) is 49.4 Å². The number of allylic oxidation sites excluding steroid dienone is 2. The fourth-order valence-electron chi connectivity index (χ4n) is 7.16. The van der Waals surface area contributed by atoms with Gasteiger partial charge in [0.15, 0.2) is 0 Å². The van der Waals surface area contributed by atoms with Crippen LogP contribution in [0.3, 0.4) is 0 Å². The molecule has 7 aliphatic rings. The fourth-order valence-corrected chi connectivity index (χ4v) is 7.16. The molecule has 3 heteroatoms. The summed E-state index contributed by atoms with van der Waals surface area (Å²) in [4.78, 5) is 2.71. The van der Waals surface area contributed by atoms with E-state index in [0.29, 0.717) is 23.8 Å². The van der Waals surface area contributed by atoms with Crippen molar-refractivity contribution in [1.29, 1.82) is 0 Å². The van der Waals surface area contributed by atoms with Crippen molar-refractivity contribution in [1.82, 2.24) is 10.2 Å². The zero-order chi connectivity index (χ0) is 17.6. The standard InChI is InChI=1S/C24H26N2O/c1-3-18(20-7-8-25-22(20)5-1)19-4-2-6-23-21(19)11-24(27-23)16-9-15-10-17(24)14-26(12-15)13-16/h1-8,15-17,20,22,25H,9-14H2/t15?,16-,17?,20?,22?,24?/m1/s1. The van der Waals surface area contributed by atoms with Crippen LogP contribution in [0.25, 0.3) is 5.57 Å². The Labute approximate surface area is 160 Å². The van der Waals surface area contributed by atoms with Crippen LogP contribution in [0, 0.1) is 23.7 Å². The Bertz CT molecular complexity index is 883. The molecule has 7 atom stereocenters. The van der Waals surface area contributed by atoms with E-state index in [4.69, 9.17) is 4.74 Å². The van der Waals surface area contributed by atoms with Gasteiger partial charge in [-0.05, 0) is 42.2 Å². The molecule has 1 aromatic carbocycles. The lowest BCUT2D eigenvalue weighted by molar-refractivity contribution is -0.158. The number of hydrogen-bond acceptors (Lipinski definition) is 3. The van der Waals surface area contributed by atoms with Gasteiger partial charge in [0.1, 0.15) is 11.4 Å². The molecule has 4 bridgehead atoms. The van der Waals surface area contributed by atoms with Crippen molar-refractivity contribution < 1.29 is 4.74 Å². The van der Waals surface area contributed by atoms with Crippen LogP contribution in [0.2, 0.25) is 0 Å². The zero-order valence-electron chi connectivity index (χ0n) is 15.6. The third-order valence-corrected chi connectivity index (χ3v) is 8.22. The van der Waals surface area contributed by atoms with Crippen LogP contribution < -0.4 is 10.1 Å². The van der Waals surface area contributed by atoms with Gasteiger partial charge < -0.3 is 15.0 Å². The highest BCUT2D eigenvalue weighted by Crippen LogP contribution is 2.57. The van der Waals surface area contributed by atoms with Crippen LogP contribution in [-0.2, 0) is 6.42 Å². The lowest BCUT2D eigenvalue weighted by Gasteiger charge is -2.60. The fraction of sp³-hybridized carbons (Fsp3) is 0.500.